The fourth-order valence-corrected chi connectivity index (χ4v) is 5.60. The van der Waals surface area contributed by atoms with Crippen LogP contribution in [0.25, 0.3) is 0 Å². The molecule has 0 aliphatic carbocycles. The second-order valence-electron chi connectivity index (χ2n) is 10.4. The molecule has 0 aromatic heterocycles. The molecule has 42 heavy (non-hydrogen) atoms. The fourth-order valence-electron chi connectivity index (χ4n) is 5.60. The van der Waals surface area contributed by atoms with Crippen molar-refractivity contribution in [3.05, 3.63) is 116 Å². The van der Waals surface area contributed by atoms with Gasteiger partial charge in [-0.15, -0.1) is 0 Å². The molecule has 4 rings (SSSR count). The lowest BCUT2D eigenvalue weighted by Gasteiger charge is -2.19. The number of ketones is 2. The fraction of sp³-hybridized carbons (Fsp3) is 0.278. The van der Waals surface area contributed by atoms with E-state index >= 15 is 0 Å². The lowest BCUT2D eigenvalue weighted by molar-refractivity contribution is 0.102. The molecule has 0 aliphatic heterocycles. The van der Waals surface area contributed by atoms with Crippen LogP contribution in [-0.2, 0) is 0 Å². The van der Waals surface area contributed by atoms with E-state index in [1.807, 2.05) is 79.7 Å². The van der Waals surface area contributed by atoms with Crippen LogP contribution in [-0.4, -0.2) is 24.8 Å². The number of hydrogen-bond donors (Lipinski definition) is 0. The minimum Gasteiger partial charge on any atom is -0.489 e. The molecule has 6 heteroatoms. The highest BCUT2D eigenvalue weighted by molar-refractivity contribution is 6.92. The Labute approximate surface area is 252 Å². The van der Waals surface area contributed by atoms with Crippen molar-refractivity contribution in [2.24, 2.45) is 0 Å². The predicted molar refractivity (Wildman–Crippen MR) is 175 cm³/mol. The van der Waals surface area contributed by atoms with Gasteiger partial charge in [-0.1, -0.05) is 47.5 Å². The third kappa shape index (κ3) is 6.58. The van der Waals surface area contributed by atoms with E-state index in [2.05, 4.69) is 0 Å². The number of benzene rings is 4. The van der Waals surface area contributed by atoms with Crippen LogP contribution in [0.2, 0.25) is 0 Å². The first-order chi connectivity index (χ1) is 19.6. The van der Waals surface area contributed by atoms with Gasteiger partial charge in [-0.2, -0.15) is 9.90 Å². The Kier molecular flexibility index (Phi) is 10.7. The van der Waals surface area contributed by atoms with Gasteiger partial charge >= 0.3 is 0 Å². The molecule has 0 heterocycles. The van der Waals surface area contributed by atoms with Crippen molar-refractivity contribution in [2.75, 3.05) is 13.2 Å². The van der Waals surface area contributed by atoms with Gasteiger partial charge in [-0.05, 0) is 102 Å². The zero-order valence-corrected chi connectivity index (χ0v) is 27.4. The van der Waals surface area contributed by atoms with E-state index in [0.29, 0.717) is 58.5 Å². The normalized spacial score (nSPS) is 10.6. The summed E-state index contributed by atoms with van der Waals surface area (Å²) in [6.45, 7) is 16.2. The molecule has 0 N–H and O–H groups in total. The van der Waals surface area contributed by atoms with Gasteiger partial charge in [-0.3, -0.25) is 9.59 Å². The highest BCUT2D eigenvalue weighted by Crippen LogP contribution is 2.42. The van der Waals surface area contributed by atoms with Crippen LogP contribution in [0.1, 0.15) is 79.1 Å². The van der Waals surface area contributed by atoms with Crippen LogP contribution < -0.4 is 14.2 Å². The van der Waals surface area contributed by atoms with Crippen molar-refractivity contribution in [3.8, 4) is 23.0 Å². The number of aryl methyl sites for hydroxylation is 6. The highest BCUT2D eigenvalue weighted by atomic mass is 31.0. The molecule has 5 nitrogen and oxygen atoms in total. The van der Waals surface area contributed by atoms with Crippen molar-refractivity contribution in [1.82, 2.24) is 0 Å². The lowest BCUT2D eigenvalue weighted by Crippen LogP contribution is -2.11. The number of hydrogen-bond acceptors (Lipinski definition) is 5. The smallest absolute Gasteiger partial charge is 0.197 e. The highest BCUT2D eigenvalue weighted by Gasteiger charge is 2.25. The van der Waals surface area contributed by atoms with Gasteiger partial charge in [-0.25, -0.2) is 0 Å². The van der Waals surface area contributed by atoms with Crippen molar-refractivity contribution in [2.45, 2.75) is 55.4 Å². The van der Waals surface area contributed by atoms with Crippen LogP contribution in [0.3, 0.4) is 0 Å². The zero-order chi connectivity index (χ0) is 29.8. The Morgan fingerprint density at radius 1 is 0.571 bits per heavy atom. The van der Waals surface area contributed by atoms with E-state index < -0.39 is 0 Å². The second-order valence-corrected chi connectivity index (χ2v) is 10.4. The van der Waals surface area contributed by atoms with Crippen molar-refractivity contribution < 1.29 is 23.8 Å². The summed E-state index contributed by atoms with van der Waals surface area (Å²) < 4.78 is 18.4. The van der Waals surface area contributed by atoms with Gasteiger partial charge in [0.25, 0.3) is 0 Å². The quantitative estimate of drug-likeness (QED) is 0.138. The Hall–Kier alpha value is -3.95. The maximum Gasteiger partial charge on any atom is 0.197 e. The molecular weight excluding hydrogens is 543 g/mol. The number of ether oxygens (including phenoxy) is 3. The molecule has 1 unspecified atom stereocenters. The summed E-state index contributed by atoms with van der Waals surface area (Å²) in [4.78, 5) is 27.7. The predicted octanol–water partition coefficient (Wildman–Crippen LogP) is 8.65. The molecule has 0 bridgehead atoms. The van der Waals surface area contributed by atoms with Gasteiger partial charge in [0.1, 0.15) is 0 Å². The van der Waals surface area contributed by atoms with E-state index in [9.17, 15) is 9.59 Å². The first-order valence-electron chi connectivity index (χ1n) is 14.0. The van der Waals surface area contributed by atoms with Crippen LogP contribution in [0.15, 0.2) is 60.7 Å². The Morgan fingerprint density at radius 2 is 0.905 bits per heavy atom. The minimum atomic E-state index is -0.131. The average Bonchev–Trinajstić information content (AvgIpc) is 2.89. The molecule has 0 radical (unpaired) electrons. The maximum atomic E-state index is 13.9. The van der Waals surface area contributed by atoms with Crippen LogP contribution in [0.4, 0.5) is 0 Å². The first kappa shape index (κ1) is 32.6. The van der Waals surface area contributed by atoms with Gasteiger partial charge in [0.15, 0.2) is 34.6 Å². The summed E-state index contributed by atoms with van der Waals surface area (Å²) in [5, 5.41) is 0. The SMILES string of the molecule is CCOc1c(Oc2cccc(C(=O)c3c(C)cc(C)cc3C)c2OCC)cccc1C(=O)c1c(C)cc(C)cc1C.P. The summed E-state index contributed by atoms with van der Waals surface area (Å²) >= 11 is 0. The molecule has 4 aromatic rings. The Balaban J connectivity index is 0.00000484. The molecule has 0 saturated heterocycles. The van der Waals surface area contributed by atoms with Gasteiger partial charge in [0.05, 0.1) is 24.3 Å². The van der Waals surface area contributed by atoms with Crippen molar-refractivity contribution in [3.63, 3.8) is 0 Å². The topological polar surface area (TPSA) is 61.8 Å². The Morgan fingerprint density at radius 3 is 1.21 bits per heavy atom. The van der Waals surface area contributed by atoms with Crippen LogP contribution in [0, 0.1) is 41.5 Å². The summed E-state index contributed by atoms with van der Waals surface area (Å²) in [6, 6.07) is 18.6. The number of carbonyl (C=O) groups is 2. The second kappa shape index (κ2) is 13.8. The number of carbonyl (C=O) groups excluding carboxylic acids is 2. The van der Waals surface area contributed by atoms with Crippen LogP contribution >= 0.6 is 9.90 Å². The third-order valence-corrected chi connectivity index (χ3v) is 7.05. The van der Waals surface area contributed by atoms with Crippen LogP contribution in [0.5, 0.6) is 23.0 Å². The summed E-state index contributed by atoms with van der Waals surface area (Å²) in [5.74, 6) is 1.18. The maximum absolute atomic E-state index is 13.9. The van der Waals surface area contributed by atoms with E-state index in [-0.39, 0.29) is 21.5 Å². The minimum absolute atomic E-state index is 0. The summed E-state index contributed by atoms with van der Waals surface area (Å²) in [7, 11) is 0. The number of para-hydroxylation sites is 2. The molecule has 0 saturated carbocycles. The Bertz CT molecular complexity index is 1470. The summed E-state index contributed by atoms with van der Waals surface area (Å²) in [6.07, 6.45) is 0. The molecule has 0 aliphatic rings. The molecule has 4 aromatic carbocycles. The molecule has 1 atom stereocenters. The van der Waals surface area contributed by atoms with Gasteiger partial charge in [0, 0.05) is 11.1 Å². The van der Waals surface area contributed by atoms with E-state index in [1.54, 1.807) is 36.4 Å². The zero-order valence-electron chi connectivity index (χ0n) is 25.9. The van der Waals surface area contributed by atoms with Crippen molar-refractivity contribution >= 4 is 21.5 Å². The molecule has 0 amide bonds. The van der Waals surface area contributed by atoms with Gasteiger partial charge < -0.3 is 14.2 Å². The molecular formula is C36H41O5P. The van der Waals surface area contributed by atoms with E-state index in [4.69, 9.17) is 14.2 Å². The molecule has 220 valence electrons. The standard InChI is InChI=1S/C36H38O5.H3P/c1-9-39-35-27(33(37)31-23(5)17-21(3)18-24(31)6)13-11-15-29(35)41-30-16-12-14-28(36(30)40-10-2)34(38)32-25(7)19-22(4)20-26(32)8;/h11-20H,9-10H2,1-8H3;1H3. The third-order valence-electron chi connectivity index (χ3n) is 7.05. The number of rotatable bonds is 10. The lowest BCUT2D eigenvalue weighted by atomic mass is 9.92. The monoisotopic (exact) mass is 584 g/mol. The van der Waals surface area contributed by atoms with E-state index in [0.717, 1.165) is 33.4 Å². The van der Waals surface area contributed by atoms with E-state index in [1.165, 1.54) is 0 Å². The summed E-state index contributed by atoms with van der Waals surface area (Å²) in [5.41, 5.74) is 7.98. The first-order valence-corrected chi connectivity index (χ1v) is 14.0. The van der Waals surface area contributed by atoms with Crippen molar-refractivity contribution in [1.29, 1.82) is 0 Å². The molecule has 0 fully saturated rings. The average molecular weight is 585 g/mol. The largest absolute Gasteiger partial charge is 0.489 e. The van der Waals surface area contributed by atoms with Gasteiger partial charge in [0.2, 0.25) is 0 Å². The molecule has 0 spiro atoms.